The van der Waals surface area contributed by atoms with Crippen molar-refractivity contribution in [1.82, 2.24) is 10.3 Å². The Morgan fingerprint density at radius 1 is 1.24 bits per heavy atom. The lowest BCUT2D eigenvalue weighted by Gasteiger charge is -2.14. The van der Waals surface area contributed by atoms with E-state index in [4.69, 9.17) is 4.74 Å². The molecule has 2 N–H and O–H groups in total. The Kier molecular flexibility index (Phi) is 5.97. The van der Waals surface area contributed by atoms with Crippen LogP contribution in [0.15, 0.2) is 42.6 Å². The molecular weight excluding hydrogens is 337 g/mol. The van der Waals surface area contributed by atoms with E-state index in [0.717, 1.165) is 17.8 Å². The van der Waals surface area contributed by atoms with E-state index < -0.39 is 17.8 Å². The van der Waals surface area contributed by atoms with Gasteiger partial charge in [-0.3, -0.25) is 9.78 Å². The van der Waals surface area contributed by atoms with Crippen LogP contribution < -0.4 is 10.1 Å². The molecule has 0 unspecified atom stereocenters. The highest BCUT2D eigenvalue weighted by atomic mass is 19.4. The summed E-state index contributed by atoms with van der Waals surface area (Å²) in [5, 5.41) is 12.3. The number of aliphatic hydroxyl groups is 1. The molecule has 1 aromatic heterocycles. The molecule has 0 fully saturated rings. The molecule has 0 spiro atoms. The number of aromatic nitrogens is 1. The number of ether oxygens (including phenoxy) is 1. The topological polar surface area (TPSA) is 71.5 Å². The summed E-state index contributed by atoms with van der Waals surface area (Å²) in [6.07, 6.45) is -3.99. The van der Waals surface area contributed by atoms with Crippen molar-refractivity contribution in [3.05, 3.63) is 59.4 Å². The van der Waals surface area contributed by atoms with Crippen molar-refractivity contribution < 1.29 is 27.8 Å². The summed E-state index contributed by atoms with van der Waals surface area (Å²) in [5.41, 5.74) is 0.363. The number of nitrogens with zero attached hydrogens (tertiary/aromatic N) is 1. The third-order valence-corrected chi connectivity index (χ3v) is 3.30. The van der Waals surface area contributed by atoms with Crippen LogP contribution in [0.3, 0.4) is 0 Å². The van der Waals surface area contributed by atoms with E-state index in [0.29, 0.717) is 5.56 Å². The summed E-state index contributed by atoms with van der Waals surface area (Å²) in [5.74, 6) is -0.192. The predicted octanol–water partition coefficient (Wildman–Crippen LogP) is 2.58. The Morgan fingerprint density at radius 3 is 2.48 bits per heavy atom. The highest BCUT2D eigenvalue weighted by Gasteiger charge is 2.30. The minimum atomic E-state index is -4.41. The van der Waals surface area contributed by atoms with Gasteiger partial charge in [0, 0.05) is 18.4 Å². The van der Waals surface area contributed by atoms with Gasteiger partial charge < -0.3 is 15.2 Å². The number of alkyl halides is 3. The van der Waals surface area contributed by atoms with Gasteiger partial charge in [0.1, 0.15) is 18.5 Å². The fraction of sp³-hybridized carbons (Fsp3) is 0.294. The van der Waals surface area contributed by atoms with E-state index in [-0.39, 0.29) is 24.8 Å². The summed E-state index contributed by atoms with van der Waals surface area (Å²) in [7, 11) is 0. The molecule has 0 saturated carbocycles. The van der Waals surface area contributed by atoms with Crippen LogP contribution in [0.25, 0.3) is 0 Å². The molecule has 1 heterocycles. The van der Waals surface area contributed by atoms with Gasteiger partial charge in [0.15, 0.2) is 0 Å². The van der Waals surface area contributed by atoms with Crippen molar-refractivity contribution in [1.29, 1.82) is 0 Å². The van der Waals surface area contributed by atoms with Gasteiger partial charge in [0.2, 0.25) is 0 Å². The van der Waals surface area contributed by atoms with Gasteiger partial charge in [-0.25, -0.2) is 0 Å². The average molecular weight is 354 g/mol. The fourth-order valence-electron chi connectivity index (χ4n) is 1.91. The van der Waals surface area contributed by atoms with E-state index in [1.165, 1.54) is 18.3 Å². The first-order valence-electron chi connectivity index (χ1n) is 7.44. The van der Waals surface area contributed by atoms with E-state index in [2.05, 4.69) is 10.3 Å². The highest BCUT2D eigenvalue weighted by molar-refractivity contribution is 5.93. The molecule has 0 aliphatic carbocycles. The zero-order valence-corrected chi connectivity index (χ0v) is 13.4. The summed E-state index contributed by atoms with van der Waals surface area (Å²) in [6, 6.07) is 7.45. The molecule has 25 heavy (non-hydrogen) atoms. The number of carbonyl (C=O) groups excluding carboxylic acids is 1. The quantitative estimate of drug-likeness (QED) is 0.836. The maximum absolute atomic E-state index is 12.4. The molecule has 0 aliphatic rings. The number of hydrogen-bond acceptors (Lipinski definition) is 4. The Hall–Kier alpha value is -2.61. The monoisotopic (exact) mass is 354 g/mol. The van der Waals surface area contributed by atoms with Crippen LogP contribution in [-0.4, -0.2) is 35.3 Å². The van der Waals surface area contributed by atoms with Crippen molar-refractivity contribution >= 4 is 5.91 Å². The lowest BCUT2D eigenvalue weighted by molar-refractivity contribution is -0.137. The maximum Gasteiger partial charge on any atom is 0.416 e. The smallest absolute Gasteiger partial charge is 0.416 e. The first kappa shape index (κ1) is 18.7. The second-order valence-electron chi connectivity index (χ2n) is 5.39. The molecule has 5 nitrogen and oxygen atoms in total. The van der Waals surface area contributed by atoms with Gasteiger partial charge in [-0.05, 0) is 43.3 Å². The first-order valence-corrected chi connectivity index (χ1v) is 7.44. The van der Waals surface area contributed by atoms with E-state index in [1.807, 2.05) is 0 Å². The number of aryl methyl sites for hydroxylation is 1. The molecule has 2 rings (SSSR count). The summed E-state index contributed by atoms with van der Waals surface area (Å²) in [6.45, 7) is 1.56. The molecule has 0 bridgehead atoms. The number of nitrogens with one attached hydrogen (secondary N) is 1. The van der Waals surface area contributed by atoms with Crippen molar-refractivity contribution in [2.24, 2.45) is 0 Å². The fourth-order valence-corrected chi connectivity index (χ4v) is 1.91. The number of rotatable bonds is 6. The first-order chi connectivity index (χ1) is 11.8. The molecule has 0 radical (unpaired) electrons. The molecule has 1 amide bonds. The minimum absolute atomic E-state index is 0.0622. The number of pyridine rings is 1. The molecule has 134 valence electrons. The summed E-state index contributed by atoms with van der Waals surface area (Å²) < 4.78 is 42.5. The van der Waals surface area contributed by atoms with Crippen molar-refractivity contribution in [3.8, 4) is 5.75 Å². The Labute approximate surface area is 142 Å². The van der Waals surface area contributed by atoms with Gasteiger partial charge in [0.05, 0.1) is 11.1 Å². The zero-order valence-electron chi connectivity index (χ0n) is 13.4. The van der Waals surface area contributed by atoms with Crippen LogP contribution in [-0.2, 0) is 6.18 Å². The molecule has 0 saturated heterocycles. The summed E-state index contributed by atoms with van der Waals surface area (Å²) >= 11 is 0. The van der Waals surface area contributed by atoms with E-state index >= 15 is 0 Å². The van der Waals surface area contributed by atoms with E-state index in [1.54, 1.807) is 19.1 Å². The van der Waals surface area contributed by atoms with Gasteiger partial charge >= 0.3 is 6.18 Å². The van der Waals surface area contributed by atoms with Crippen LogP contribution in [0, 0.1) is 6.92 Å². The van der Waals surface area contributed by atoms with Crippen molar-refractivity contribution in [2.45, 2.75) is 19.2 Å². The van der Waals surface area contributed by atoms with Crippen LogP contribution in [0.1, 0.15) is 21.6 Å². The molecule has 0 aliphatic heterocycles. The van der Waals surface area contributed by atoms with Crippen molar-refractivity contribution in [3.63, 3.8) is 0 Å². The minimum Gasteiger partial charge on any atom is -0.491 e. The Balaban J connectivity index is 1.77. The van der Waals surface area contributed by atoms with Crippen LogP contribution >= 0.6 is 0 Å². The second-order valence-corrected chi connectivity index (χ2v) is 5.39. The molecule has 8 heteroatoms. The van der Waals surface area contributed by atoms with Gasteiger partial charge in [-0.2, -0.15) is 13.2 Å². The number of hydrogen-bond donors (Lipinski definition) is 2. The largest absolute Gasteiger partial charge is 0.491 e. The molecular formula is C17H17F3N2O3. The second kappa shape index (κ2) is 7.98. The lowest BCUT2D eigenvalue weighted by atomic mass is 10.2. The Morgan fingerprint density at radius 2 is 1.92 bits per heavy atom. The van der Waals surface area contributed by atoms with Crippen LogP contribution in [0.4, 0.5) is 13.2 Å². The lowest BCUT2D eigenvalue weighted by Crippen LogP contribution is -2.35. The van der Waals surface area contributed by atoms with E-state index in [9.17, 15) is 23.1 Å². The highest BCUT2D eigenvalue weighted by Crippen LogP contribution is 2.30. The number of amides is 1. The van der Waals surface area contributed by atoms with Crippen LogP contribution in [0.2, 0.25) is 0 Å². The number of halogens is 3. The average Bonchev–Trinajstić information content (AvgIpc) is 2.58. The molecule has 1 atom stereocenters. The Bertz CT molecular complexity index is 701. The third kappa shape index (κ3) is 5.75. The maximum atomic E-state index is 12.4. The van der Waals surface area contributed by atoms with Gasteiger partial charge in [-0.15, -0.1) is 0 Å². The number of benzene rings is 1. The number of aliphatic hydroxyl groups excluding tert-OH is 1. The number of carbonyl (C=O) groups is 1. The van der Waals surface area contributed by atoms with Gasteiger partial charge in [0.25, 0.3) is 5.91 Å². The molecule has 1 aromatic carbocycles. The van der Waals surface area contributed by atoms with Crippen LogP contribution in [0.5, 0.6) is 5.75 Å². The standard InChI is InChI=1S/C17H17F3N2O3/c1-11-2-3-12(8-21-11)16(24)22-9-14(23)10-25-15-6-4-13(5-7-15)17(18,19)20/h2-8,14,23H,9-10H2,1H3,(H,22,24)/t14-/m1/s1. The SMILES string of the molecule is Cc1ccc(C(=O)NC[C@@H](O)COc2ccc(C(F)(F)F)cc2)cn1. The van der Waals surface area contributed by atoms with Gasteiger partial charge in [-0.1, -0.05) is 0 Å². The zero-order chi connectivity index (χ0) is 18.4. The molecule has 2 aromatic rings. The summed E-state index contributed by atoms with van der Waals surface area (Å²) in [4.78, 5) is 15.9. The van der Waals surface area contributed by atoms with Crippen molar-refractivity contribution in [2.75, 3.05) is 13.2 Å². The normalized spacial score (nSPS) is 12.5. The predicted molar refractivity (Wildman–Crippen MR) is 84.3 cm³/mol. The third-order valence-electron chi connectivity index (χ3n) is 3.30.